The number of nitrogens with one attached hydrogen (secondary N) is 1. The van der Waals surface area contributed by atoms with E-state index in [0.717, 1.165) is 44.7 Å². The van der Waals surface area contributed by atoms with Crippen LogP contribution in [0.2, 0.25) is 0 Å². The maximum absolute atomic E-state index is 12.3. The van der Waals surface area contributed by atoms with Crippen LogP contribution in [0.25, 0.3) is 15.5 Å². The first-order valence-electron chi connectivity index (χ1n) is 9.35. The van der Waals surface area contributed by atoms with Crippen molar-refractivity contribution in [3.63, 3.8) is 0 Å². The quantitative estimate of drug-likeness (QED) is 0.521. The second-order valence-electron chi connectivity index (χ2n) is 6.69. The number of fused-ring (bicyclic) bond motifs is 1. The highest BCUT2D eigenvalue weighted by Gasteiger charge is 2.13. The summed E-state index contributed by atoms with van der Waals surface area (Å²) in [6.45, 7) is 5.97. The molecule has 2 aromatic heterocycles. The van der Waals surface area contributed by atoms with Crippen molar-refractivity contribution in [2.45, 2.75) is 27.2 Å². The van der Waals surface area contributed by atoms with Crippen molar-refractivity contribution in [2.75, 3.05) is 11.9 Å². The number of carbonyl (C=O) groups excluding carboxylic acids is 1. The summed E-state index contributed by atoms with van der Waals surface area (Å²) in [6, 6.07) is 13.4. The molecular formula is C21H21N5O2S. The average Bonchev–Trinajstić information content (AvgIpc) is 3.30. The number of hydrogen-bond donors (Lipinski definition) is 1. The van der Waals surface area contributed by atoms with Crippen LogP contribution in [0.3, 0.4) is 0 Å². The molecule has 7 nitrogen and oxygen atoms in total. The summed E-state index contributed by atoms with van der Waals surface area (Å²) in [4.78, 5) is 13.1. The standard InChI is InChI=1S/C21H21N5O2S/c1-4-18-23-24-21-26(18)25-20(29-21)15-8-6-9-16(11-15)22-19(27)12-28-17-10-5-7-13(2)14(17)3/h5-11H,4,12H2,1-3H3,(H,22,27). The van der Waals surface area contributed by atoms with E-state index in [-0.39, 0.29) is 12.5 Å². The van der Waals surface area contributed by atoms with E-state index in [1.165, 1.54) is 11.3 Å². The number of anilines is 1. The van der Waals surface area contributed by atoms with Gasteiger partial charge in [0.25, 0.3) is 5.91 Å². The van der Waals surface area contributed by atoms with Crippen molar-refractivity contribution in [1.29, 1.82) is 0 Å². The van der Waals surface area contributed by atoms with Crippen LogP contribution in [0.5, 0.6) is 5.75 Å². The molecule has 0 aliphatic carbocycles. The van der Waals surface area contributed by atoms with E-state index in [0.29, 0.717) is 5.69 Å². The van der Waals surface area contributed by atoms with Crippen LogP contribution in [0.4, 0.5) is 5.69 Å². The van der Waals surface area contributed by atoms with Crippen molar-refractivity contribution in [1.82, 2.24) is 19.8 Å². The molecule has 0 fully saturated rings. The maximum Gasteiger partial charge on any atom is 0.262 e. The Morgan fingerprint density at radius 3 is 2.83 bits per heavy atom. The minimum atomic E-state index is -0.213. The third-order valence-corrected chi connectivity index (χ3v) is 5.63. The number of hydrogen-bond acceptors (Lipinski definition) is 6. The maximum atomic E-state index is 12.3. The van der Waals surface area contributed by atoms with Crippen molar-refractivity contribution in [3.8, 4) is 16.3 Å². The van der Waals surface area contributed by atoms with Crippen molar-refractivity contribution in [3.05, 3.63) is 59.4 Å². The molecule has 1 amide bonds. The van der Waals surface area contributed by atoms with Gasteiger partial charge in [0.15, 0.2) is 12.4 Å². The van der Waals surface area contributed by atoms with Crippen LogP contribution in [-0.4, -0.2) is 32.3 Å². The molecule has 0 unspecified atom stereocenters. The molecule has 0 spiro atoms. The summed E-state index contributed by atoms with van der Waals surface area (Å²) >= 11 is 1.47. The smallest absolute Gasteiger partial charge is 0.262 e. The van der Waals surface area contributed by atoms with E-state index in [2.05, 4.69) is 20.6 Å². The van der Waals surface area contributed by atoms with E-state index >= 15 is 0 Å². The molecule has 0 atom stereocenters. The molecule has 2 aromatic carbocycles. The van der Waals surface area contributed by atoms with Gasteiger partial charge in [0, 0.05) is 17.7 Å². The van der Waals surface area contributed by atoms with Gasteiger partial charge in [-0.3, -0.25) is 4.79 Å². The molecule has 2 heterocycles. The molecule has 29 heavy (non-hydrogen) atoms. The molecule has 4 aromatic rings. The normalized spacial score (nSPS) is 11.0. The van der Waals surface area contributed by atoms with Gasteiger partial charge >= 0.3 is 0 Å². The fourth-order valence-corrected chi connectivity index (χ4v) is 3.80. The fourth-order valence-electron chi connectivity index (χ4n) is 2.95. The Labute approximate surface area is 172 Å². The summed E-state index contributed by atoms with van der Waals surface area (Å²) in [7, 11) is 0. The zero-order valence-corrected chi connectivity index (χ0v) is 17.3. The van der Waals surface area contributed by atoms with Crippen molar-refractivity contribution in [2.24, 2.45) is 0 Å². The average molecular weight is 407 g/mol. The second kappa shape index (κ2) is 8.00. The first kappa shape index (κ1) is 19.1. The molecule has 0 bridgehead atoms. The summed E-state index contributed by atoms with van der Waals surface area (Å²) < 4.78 is 7.45. The molecule has 148 valence electrons. The lowest BCUT2D eigenvalue weighted by Crippen LogP contribution is -2.20. The SMILES string of the molecule is CCc1nnc2sc(-c3cccc(NC(=O)COc4cccc(C)c4C)c3)nn12. The molecule has 0 saturated heterocycles. The summed E-state index contributed by atoms with van der Waals surface area (Å²) in [5.74, 6) is 1.34. The monoisotopic (exact) mass is 407 g/mol. The number of nitrogens with zero attached hydrogens (tertiary/aromatic N) is 4. The molecular weight excluding hydrogens is 386 g/mol. The summed E-state index contributed by atoms with van der Waals surface area (Å²) in [6.07, 6.45) is 0.765. The van der Waals surface area contributed by atoms with E-state index in [1.54, 1.807) is 4.52 Å². The number of rotatable bonds is 6. The molecule has 0 aliphatic heterocycles. The number of benzene rings is 2. The Balaban J connectivity index is 1.46. The Hall–Kier alpha value is -3.26. The van der Waals surface area contributed by atoms with Gasteiger partial charge < -0.3 is 10.1 Å². The van der Waals surface area contributed by atoms with E-state index in [9.17, 15) is 4.79 Å². The zero-order chi connectivity index (χ0) is 20.4. The van der Waals surface area contributed by atoms with Gasteiger partial charge in [-0.1, -0.05) is 42.5 Å². The first-order chi connectivity index (χ1) is 14.0. The summed E-state index contributed by atoms with van der Waals surface area (Å²) in [5, 5.41) is 16.6. The molecule has 0 radical (unpaired) electrons. The number of aromatic nitrogens is 4. The Bertz CT molecular complexity index is 1180. The lowest BCUT2D eigenvalue weighted by atomic mass is 10.1. The highest BCUT2D eigenvalue weighted by Crippen LogP contribution is 2.27. The number of aryl methyl sites for hydroxylation is 2. The molecule has 8 heteroatoms. The predicted octanol–water partition coefficient (Wildman–Crippen LogP) is 4.05. The highest BCUT2D eigenvalue weighted by molar-refractivity contribution is 7.19. The van der Waals surface area contributed by atoms with Crippen LogP contribution in [0, 0.1) is 13.8 Å². The molecule has 1 N–H and O–H groups in total. The van der Waals surface area contributed by atoms with Gasteiger partial charge in [0.05, 0.1) is 0 Å². The van der Waals surface area contributed by atoms with Crippen LogP contribution in [0.15, 0.2) is 42.5 Å². The minimum absolute atomic E-state index is 0.0505. The third kappa shape index (κ3) is 3.97. The third-order valence-electron chi connectivity index (χ3n) is 4.68. The van der Waals surface area contributed by atoms with Gasteiger partial charge in [-0.15, -0.1) is 10.2 Å². The summed E-state index contributed by atoms with van der Waals surface area (Å²) in [5.41, 5.74) is 3.78. The van der Waals surface area contributed by atoms with E-state index in [4.69, 9.17) is 4.74 Å². The van der Waals surface area contributed by atoms with Crippen LogP contribution in [0.1, 0.15) is 23.9 Å². The van der Waals surface area contributed by atoms with Crippen molar-refractivity contribution < 1.29 is 9.53 Å². The fraction of sp³-hybridized carbons (Fsp3) is 0.238. The van der Waals surface area contributed by atoms with Gasteiger partial charge in [-0.2, -0.15) is 9.61 Å². The Kier molecular flexibility index (Phi) is 5.26. The van der Waals surface area contributed by atoms with Crippen LogP contribution < -0.4 is 10.1 Å². The number of carbonyl (C=O) groups is 1. The van der Waals surface area contributed by atoms with Crippen LogP contribution >= 0.6 is 11.3 Å². The molecule has 0 saturated carbocycles. The zero-order valence-electron chi connectivity index (χ0n) is 16.5. The molecule has 4 rings (SSSR count). The van der Waals surface area contributed by atoms with Gasteiger partial charge in [-0.05, 0) is 43.2 Å². The predicted molar refractivity (Wildman–Crippen MR) is 114 cm³/mol. The van der Waals surface area contributed by atoms with E-state index < -0.39 is 0 Å². The van der Waals surface area contributed by atoms with E-state index in [1.807, 2.05) is 63.2 Å². The topological polar surface area (TPSA) is 81.4 Å². The van der Waals surface area contributed by atoms with Gasteiger partial charge in [0.1, 0.15) is 10.8 Å². The Morgan fingerprint density at radius 2 is 2.00 bits per heavy atom. The van der Waals surface area contributed by atoms with Crippen molar-refractivity contribution >= 4 is 27.9 Å². The second-order valence-corrected chi connectivity index (χ2v) is 7.64. The minimum Gasteiger partial charge on any atom is -0.483 e. The lowest BCUT2D eigenvalue weighted by molar-refractivity contribution is -0.118. The van der Waals surface area contributed by atoms with Crippen LogP contribution in [-0.2, 0) is 11.2 Å². The molecule has 0 aliphatic rings. The largest absolute Gasteiger partial charge is 0.483 e. The van der Waals surface area contributed by atoms with Gasteiger partial charge in [-0.25, -0.2) is 0 Å². The number of ether oxygens (including phenoxy) is 1. The highest BCUT2D eigenvalue weighted by atomic mass is 32.1. The number of amides is 1. The lowest BCUT2D eigenvalue weighted by Gasteiger charge is -2.11. The van der Waals surface area contributed by atoms with Gasteiger partial charge in [0.2, 0.25) is 4.96 Å². The Morgan fingerprint density at radius 1 is 1.17 bits per heavy atom. The first-order valence-corrected chi connectivity index (χ1v) is 10.2.